The molecule has 7 nitrogen and oxygen atoms in total. The Hall–Kier alpha value is -4.13. The first-order valence-corrected chi connectivity index (χ1v) is 12.9. The van der Waals surface area contributed by atoms with Crippen molar-refractivity contribution in [3.8, 4) is 11.1 Å². The van der Waals surface area contributed by atoms with E-state index in [9.17, 15) is 9.59 Å². The second-order valence-corrected chi connectivity index (χ2v) is 10.9. The summed E-state index contributed by atoms with van der Waals surface area (Å²) in [5, 5.41) is 13.3. The maximum atomic E-state index is 11.0. The summed E-state index contributed by atoms with van der Waals surface area (Å²) >= 11 is 0. The number of rotatable bonds is 3. The highest BCUT2D eigenvalue weighted by Gasteiger charge is 2.43. The highest BCUT2D eigenvalue weighted by atomic mass is 16.7. The molecular formula is C31H35N3O4. The minimum absolute atomic E-state index is 0.136. The molecule has 2 amide bonds. The van der Waals surface area contributed by atoms with Gasteiger partial charge in [-0.15, -0.1) is 0 Å². The lowest BCUT2D eigenvalue weighted by atomic mass is 9.84. The van der Waals surface area contributed by atoms with Crippen LogP contribution in [0.25, 0.3) is 11.1 Å². The highest BCUT2D eigenvalue weighted by molar-refractivity contribution is 6.01. The van der Waals surface area contributed by atoms with Crippen molar-refractivity contribution in [1.29, 1.82) is 0 Å². The van der Waals surface area contributed by atoms with Crippen LogP contribution < -0.4 is 5.73 Å². The molecule has 0 unspecified atom stereocenters. The van der Waals surface area contributed by atoms with Crippen LogP contribution in [0.2, 0.25) is 0 Å². The fourth-order valence-corrected chi connectivity index (χ4v) is 4.67. The Kier molecular flexibility index (Phi) is 7.86. The Morgan fingerprint density at radius 1 is 0.868 bits per heavy atom. The molecule has 7 heteroatoms. The van der Waals surface area contributed by atoms with Gasteiger partial charge in [0.1, 0.15) is 5.60 Å². The Balaban J connectivity index is 0.000000194. The molecule has 38 heavy (non-hydrogen) atoms. The van der Waals surface area contributed by atoms with Gasteiger partial charge in [0, 0.05) is 37.9 Å². The summed E-state index contributed by atoms with van der Waals surface area (Å²) in [6.07, 6.45) is 1.31. The SMILES string of the molecule is CC(C)(C)c1ccc(C2=NOC3(CCN(C(=O)O)CC3)C2)cc1.NC(=O)c1ccc(-c2ccccc2)cc1. The first kappa shape index (κ1) is 26.9. The molecule has 2 aliphatic heterocycles. The first-order chi connectivity index (χ1) is 18.1. The van der Waals surface area contributed by atoms with Crippen molar-refractivity contribution in [2.45, 2.75) is 51.0 Å². The predicted molar refractivity (Wildman–Crippen MR) is 149 cm³/mol. The lowest BCUT2D eigenvalue weighted by molar-refractivity contribution is -0.0576. The first-order valence-electron chi connectivity index (χ1n) is 12.9. The molecule has 3 aromatic rings. The second kappa shape index (κ2) is 11.1. The van der Waals surface area contributed by atoms with Crippen molar-refractivity contribution in [1.82, 2.24) is 4.90 Å². The molecule has 1 spiro atoms. The molecule has 0 atom stereocenters. The van der Waals surface area contributed by atoms with Gasteiger partial charge >= 0.3 is 6.09 Å². The van der Waals surface area contributed by atoms with Gasteiger partial charge in [0.25, 0.3) is 0 Å². The Labute approximate surface area is 223 Å². The zero-order valence-electron chi connectivity index (χ0n) is 22.2. The normalized spacial score (nSPS) is 16.2. The van der Waals surface area contributed by atoms with Crippen LogP contribution in [0.5, 0.6) is 0 Å². The zero-order chi connectivity index (χ0) is 27.3. The van der Waals surface area contributed by atoms with E-state index in [0.29, 0.717) is 31.5 Å². The van der Waals surface area contributed by atoms with E-state index in [1.165, 1.54) is 10.5 Å². The van der Waals surface area contributed by atoms with Crippen LogP contribution >= 0.6 is 0 Å². The summed E-state index contributed by atoms with van der Waals surface area (Å²) < 4.78 is 0. The quantitative estimate of drug-likeness (QED) is 0.443. The molecule has 0 bridgehead atoms. The van der Waals surface area contributed by atoms with Crippen LogP contribution in [-0.2, 0) is 10.3 Å². The van der Waals surface area contributed by atoms with Gasteiger partial charge in [-0.3, -0.25) is 4.79 Å². The minimum Gasteiger partial charge on any atom is -0.465 e. The van der Waals surface area contributed by atoms with E-state index in [1.807, 2.05) is 42.5 Å². The number of amides is 2. The van der Waals surface area contributed by atoms with E-state index < -0.39 is 12.0 Å². The van der Waals surface area contributed by atoms with Crippen LogP contribution in [0.4, 0.5) is 4.79 Å². The summed E-state index contributed by atoms with van der Waals surface area (Å²) in [4.78, 5) is 29.1. The number of carbonyl (C=O) groups excluding carboxylic acids is 1. The molecule has 1 saturated heterocycles. The molecule has 2 heterocycles. The van der Waals surface area contributed by atoms with Gasteiger partial charge in [-0.25, -0.2) is 4.79 Å². The summed E-state index contributed by atoms with van der Waals surface area (Å²) in [5.74, 6) is -0.394. The topological polar surface area (TPSA) is 105 Å². The monoisotopic (exact) mass is 513 g/mol. The van der Waals surface area contributed by atoms with Crippen LogP contribution in [0.15, 0.2) is 84.0 Å². The highest BCUT2D eigenvalue weighted by Crippen LogP contribution is 2.36. The van der Waals surface area contributed by atoms with Gasteiger partial charge in [-0.1, -0.05) is 92.7 Å². The number of carbonyl (C=O) groups is 2. The van der Waals surface area contributed by atoms with Gasteiger partial charge in [0.05, 0.1) is 5.71 Å². The minimum atomic E-state index is -0.850. The lowest BCUT2D eigenvalue weighted by Crippen LogP contribution is -2.46. The second-order valence-electron chi connectivity index (χ2n) is 10.9. The van der Waals surface area contributed by atoms with Gasteiger partial charge in [-0.2, -0.15) is 0 Å². The number of nitrogens with zero attached hydrogens (tertiary/aromatic N) is 2. The van der Waals surface area contributed by atoms with Gasteiger partial charge in [0.2, 0.25) is 5.91 Å². The number of piperidine rings is 1. The number of hydrogen-bond donors (Lipinski definition) is 2. The van der Waals surface area contributed by atoms with Crippen molar-refractivity contribution in [3.63, 3.8) is 0 Å². The number of oxime groups is 1. The van der Waals surface area contributed by atoms with Crippen molar-refractivity contribution >= 4 is 17.7 Å². The van der Waals surface area contributed by atoms with E-state index in [4.69, 9.17) is 15.7 Å². The molecule has 3 aromatic carbocycles. The molecule has 0 aromatic heterocycles. The predicted octanol–water partition coefficient (Wildman–Crippen LogP) is 6.07. The molecule has 3 N–H and O–H groups in total. The average molecular weight is 514 g/mol. The zero-order valence-corrected chi connectivity index (χ0v) is 22.2. The maximum Gasteiger partial charge on any atom is 0.407 e. The van der Waals surface area contributed by atoms with Crippen molar-refractivity contribution in [3.05, 3.63) is 95.6 Å². The molecular weight excluding hydrogens is 478 g/mol. The number of carboxylic acid groups (broad SMARTS) is 1. The Morgan fingerprint density at radius 3 is 1.95 bits per heavy atom. The van der Waals surface area contributed by atoms with Crippen LogP contribution in [-0.4, -0.2) is 46.4 Å². The molecule has 0 aliphatic carbocycles. The van der Waals surface area contributed by atoms with Crippen LogP contribution in [0, 0.1) is 0 Å². The molecule has 0 radical (unpaired) electrons. The summed E-state index contributed by atoms with van der Waals surface area (Å²) in [7, 11) is 0. The van der Waals surface area contributed by atoms with E-state index >= 15 is 0 Å². The van der Waals surface area contributed by atoms with Gasteiger partial charge in [0.15, 0.2) is 0 Å². The molecule has 5 rings (SSSR count). The maximum absolute atomic E-state index is 11.0. The van der Waals surface area contributed by atoms with Crippen molar-refractivity contribution in [2.75, 3.05) is 13.1 Å². The third kappa shape index (κ3) is 6.40. The van der Waals surface area contributed by atoms with E-state index in [2.05, 4.69) is 50.2 Å². The lowest BCUT2D eigenvalue weighted by Gasteiger charge is -2.35. The summed E-state index contributed by atoms with van der Waals surface area (Å²) in [6, 6.07) is 25.8. The smallest absolute Gasteiger partial charge is 0.407 e. The van der Waals surface area contributed by atoms with Crippen LogP contribution in [0.1, 0.15) is 61.5 Å². The number of nitrogens with two attached hydrogens (primary N) is 1. The number of likely N-dealkylation sites (tertiary alicyclic amines) is 1. The Bertz CT molecular complexity index is 1290. The van der Waals surface area contributed by atoms with E-state index in [-0.39, 0.29) is 11.0 Å². The summed E-state index contributed by atoms with van der Waals surface area (Å²) in [6.45, 7) is 7.62. The fourth-order valence-electron chi connectivity index (χ4n) is 4.67. The molecule has 1 fully saturated rings. The molecule has 0 saturated carbocycles. The molecule has 2 aliphatic rings. The number of benzene rings is 3. The van der Waals surface area contributed by atoms with Crippen molar-refractivity contribution in [2.24, 2.45) is 10.9 Å². The third-order valence-corrected chi connectivity index (χ3v) is 7.14. The summed E-state index contributed by atoms with van der Waals surface area (Å²) in [5.41, 5.74) is 11.1. The average Bonchev–Trinajstić information content (AvgIpc) is 3.33. The Morgan fingerprint density at radius 2 is 1.42 bits per heavy atom. The molecule has 198 valence electrons. The van der Waals surface area contributed by atoms with Crippen molar-refractivity contribution < 1.29 is 19.5 Å². The van der Waals surface area contributed by atoms with E-state index in [0.717, 1.165) is 28.8 Å². The van der Waals surface area contributed by atoms with Crippen LogP contribution in [0.3, 0.4) is 0 Å². The fraction of sp³-hybridized carbons (Fsp3) is 0.323. The van der Waals surface area contributed by atoms with Gasteiger partial charge < -0.3 is 20.6 Å². The largest absolute Gasteiger partial charge is 0.465 e. The third-order valence-electron chi connectivity index (χ3n) is 7.14. The number of hydrogen-bond acceptors (Lipinski definition) is 4. The van der Waals surface area contributed by atoms with Gasteiger partial charge in [-0.05, 0) is 39.8 Å². The standard InChI is InChI=1S/C18H24N2O3.C13H11NO/c1-17(2,3)14-6-4-13(5-7-14)15-12-18(23-19-15)8-10-20(11-9-18)16(21)22;14-13(15)12-8-6-11(7-9-12)10-4-2-1-3-5-10/h4-7H,8-12H2,1-3H3,(H,21,22);1-9H,(H2,14,15). The van der Waals surface area contributed by atoms with E-state index in [1.54, 1.807) is 12.1 Å². The number of primary amides is 1.